The molecule has 21 heavy (non-hydrogen) atoms. The van der Waals surface area contributed by atoms with Gasteiger partial charge in [-0.2, -0.15) is 26.3 Å². The predicted molar refractivity (Wildman–Crippen MR) is 61.1 cm³/mol. The Labute approximate surface area is 134 Å². The quantitative estimate of drug-likeness (QED) is 0.319. The first-order chi connectivity index (χ1) is 9.00. The van der Waals surface area contributed by atoms with Crippen LogP contribution < -0.4 is 0 Å². The molecule has 0 N–H and O–H groups in total. The van der Waals surface area contributed by atoms with Crippen LogP contribution in [0.1, 0.15) is 0 Å². The minimum atomic E-state index is -4.99. The molecule has 0 saturated heterocycles. The normalized spacial score (nSPS) is 21.5. The summed E-state index contributed by atoms with van der Waals surface area (Å²) in [5.41, 5.74) is -3.33. The Hall–Kier alpha value is -1.20. The van der Waals surface area contributed by atoms with Crippen molar-refractivity contribution < 1.29 is 31.3 Å². The molecule has 0 aromatic rings. The molecule has 1 atom stereocenters. The summed E-state index contributed by atoms with van der Waals surface area (Å²) >= 11 is 0. The first-order valence-corrected chi connectivity index (χ1v) is 4.89. The molecule has 5 nitrogen and oxygen atoms in total. The van der Waals surface area contributed by atoms with Crippen molar-refractivity contribution in [1.82, 2.24) is 0 Å². The monoisotopic (exact) mass is 323 g/mol. The van der Waals surface area contributed by atoms with Gasteiger partial charge >= 0.3 is 41.9 Å². The SMILES string of the molecule is O=[N+]([O-])C1=CC(C(F)(F)F)=CC2N=C(C(F)(F)F)N=C12.[NaH]. The second-order valence-corrected chi connectivity index (χ2v) is 3.80. The molecule has 110 valence electrons. The van der Waals surface area contributed by atoms with E-state index in [9.17, 15) is 36.5 Å². The van der Waals surface area contributed by atoms with Crippen LogP contribution in [0.4, 0.5) is 26.3 Å². The number of alkyl halides is 6. The van der Waals surface area contributed by atoms with E-state index in [1.807, 2.05) is 0 Å². The standard InChI is InChI=1S/C9H3F6N3O2.Na.H/c10-8(11,12)3-1-4-6(5(2-3)18(19)20)17-7(16-4)9(13,14)15;;/h1-2,4H;;. The first kappa shape index (κ1) is 17.9. The summed E-state index contributed by atoms with van der Waals surface area (Å²) in [6, 6.07) is -1.76. The van der Waals surface area contributed by atoms with Gasteiger partial charge in [0.05, 0.1) is 10.5 Å². The Kier molecular flexibility index (Phi) is 4.71. The van der Waals surface area contributed by atoms with Crippen LogP contribution in [-0.2, 0) is 0 Å². The molecule has 0 radical (unpaired) electrons. The van der Waals surface area contributed by atoms with Gasteiger partial charge in [-0.25, -0.2) is 9.98 Å². The van der Waals surface area contributed by atoms with Gasteiger partial charge in [0.1, 0.15) is 11.8 Å². The number of allylic oxidation sites excluding steroid dienone is 2. The molecule has 1 aliphatic carbocycles. The van der Waals surface area contributed by atoms with E-state index in [1.165, 1.54) is 0 Å². The third-order valence-corrected chi connectivity index (χ3v) is 2.44. The number of aliphatic imine (C=N–C) groups is 2. The number of hydrogen-bond acceptors (Lipinski definition) is 4. The third-order valence-electron chi connectivity index (χ3n) is 2.44. The van der Waals surface area contributed by atoms with Crippen molar-refractivity contribution in [3.05, 3.63) is 33.5 Å². The van der Waals surface area contributed by atoms with Gasteiger partial charge in [0.2, 0.25) is 5.84 Å². The van der Waals surface area contributed by atoms with Crippen LogP contribution in [0, 0.1) is 10.1 Å². The fourth-order valence-corrected chi connectivity index (χ4v) is 1.63. The second kappa shape index (κ2) is 5.54. The van der Waals surface area contributed by atoms with Crippen LogP contribution >= 0.6 is 0 Å². The van der Waals surface area contributed by atoms with Gasteiger partial charge in [0, 0.05) is 6.08 Å². The second-order valence-electron chi connectivity index (χ2n) is 3.80. The molecule has 1 aliphatic heterocycles. The Morgan fingerprint density at radius 3 is 2.14 bits per heavy atom. The number of amidine groups is 1. The van der Waals surface area contributed by atoms with Crippen LogP contribution in [0.3, 0.4) is 0 Å². The van der Waals surface area contributed by atoms with E-state index in [0.717, 1.165) is 0 Å². The van der Waals surface area contributed by atoms with Gasteiger partial charge in [-0.15, -0.1) is 0 Å². The third kappa shape index (κ3) is 3.52. The average Bonchev–Trinajstić information content (AvgIpc) is 2.68. The average molecular weight is 323 g/mol. The number of fused-ring (bicyclic) bond motifs is 1. The zero-order chi connectivity index (χ0) is 15.3. The zero-order valence-corrected chi connectivity index (χ0v) is 9.16. The molecule has 0 bridgehead atoms. The van der Waals surface area contributed by atoms with Gasteiger partial charge in [-0.3, -0.25) is 10.1 Å². The molecule has 2 rings (SSSR count). The molecule has 0 spiro atoms. The van der Waals surface area contributed by atoms with Crippen molar-refractivity contribution in [3.8, 4) is 0 Å². The molecule has 0 saturated carbocycles. The maximum atomic E-state index is 12.5. The number of hydrogen-bond donors (Lipinski definition) is 0. The van der Waals surface area contributed by atoms with Crippen molar-refractivity contribution in [2.45, 2.75) is 18.4 Å². The molecule has 0 aromatic carbocycles. The van der Waals surface area contributed by atoms with Crippen LogP contribution in [-0.4, -0.2) is 64.4 Å². The minimum absolute atomic E-state index is 0. The molecule has 12 heteroatoms. The van der Waals surface area contributed by atoms with Crippen LogP contribution in [0.15, 0.2) is 33.4 Å². The van der Waals surface area contributed by atoms with Crippen molar-refractivity contribution in [2.24, 2.45) is 9.98 Å². The fraction of sp³-hybridized carbons (Fsp3) is 0.333. The van der Waals surface area contributed by atoms with E-state index < -0.39 is 46.1 Å². The number of nitrogens with zero attached hydrogens (tertiary/aromatic N) is 3. The predicted octanol–water partition coefficient (Wildman–Crippen LogP) is 1.78. The van der Waals surface area contributed by atoms with E-state index in [-0.39, 0.29) is 35.6 Å². The Balaban J connectivity index is 0.00000220. The van der Waals surface area contributed by atoms with Crippen molar-refractivity contribution in [3.63, 3.8) is 0 Å². The Morgan fingerprint density at radius 1 is 1.14 bits per heavy atom. The number of nitro groups is 1. The molecular formula is C9H4F6N3NaO2. The Morgan fingerprint density at radius 2 is 1.71 bits per heavy atom. The molecule has 2 aliphatic rings. The van der Waals surface area contributed by atoms with Gasteiger partial charge < -0.3 is 0 Å². The van der Waals surface area contributed by atoms with E-state index in [2.05, 4.69) is 9.98 Å². The molecule has 0 amide bonds. The van der Waals surface area contributed by atoms with E-state index in [1.54, 1.807) is 0 Å². The van der Waals surface area contributed by atoms with Crippen LogP contribution in [0.25, 0.3) is 0 Å². The van der Waals surface area contributed by atoms with Crippen molar-refractivity contribution in [1.29, 1.82) is 0 Å². The summed E-state index contributed by atoms with van der Waals surface area (Å²) in [6.45, 7) is 0. The maximum absolute atomic E-state index is 12.5. The summed E-state index contributed by atoms with van der Waals surface area (Å²) in [6.07, 6.45) is -9.41. The molecule has 1 heterocycles. The van der Waals surface area contributed by atoms with Crippen LogP contribution in [0.5, 0.6) is 0 Å². The molecular weight excluding hydrogens is 319 g/mol. The summed E-state index contributed by atoms with van der Waals surface area (Å²) in [4.78, 5) is 15.3. The summed E-state index contributed by atoms with van der Waals surface area (Å²) in [7, 11) is 0. The van der Waals surface area contributed by atoms with Gasteiger partial charge in [-0.1, -0.05) is 0 Å². The first-order valence-electron chi connectivity index (χ1n) is 4.89. The molecule has 1 unspecified atom stereocenters. The number of rotatable bonds is 1. The molecule has 0 aromatic heterocycles. The Bertz CT molecular complexity index is 602. The molecule has 0 fully saturated rings. The van der Waals surface area contributed by atoms with Gasteiger partial charge in [0.25, 0.3) is 5.70 Å². The topological polar surface area (TPSA) is 67.9 Å². The van der Waals surface area contributed by atoms with Gasteiger partial charge in [0.15, 0.2) is 0 Å². The van der Waals surface area contributed by atoms with Gasteiger partial charge in [-0.05, 0) is 6.08 Å². The van der Waals surface area contributed by atoms with E-state index in [0.29, 0.717) is 6.08 Å². The van der Waals surface area contributed by atoms with E-state index >= 15 is 0 Å². The fourth-order valence-electron chi connectivity index (χ4n) is 1.63. The van der Waals surface area contributed by atoms with Crippen molar-refractivity contribution >= 4 is 41.1 Å². The zero-order valence-electron chi connectivity index (χ0n) is 9.16. The van der Waals surface area contributed by atoms with Crippen molar-refractivity contribution in [2.75, 3.05) is 0 Å². The summed E-state index contributed by atoms with van der Waals surface area (Å²) in [5, 5.41) is 10.7. The summed E-state index contributed by atoms with van der Waals surface area (Å²) in [5.74, 6) is -1.69. The van der Waals surface area contributed by atoms with Crippen LogP contribution in [0.2, 0.25) is 0 Å². The summed E-state index contributed by atoms with van der Waals surface area (Å²) < 4.78 is 74.7. The number of halogens is 6. The van der Waals surface area contributed by atoms with E-state index in [4.69, 9.17) is 0 Å².